The fourth-order valence-electron chi connectivity index (χ4n) is 4.71. The van der Waals surface area contributed by atoms with Crippen molar-refractivity contribution in [1.82, 2.24) is 0 Å². The number of ether oxygens (including phenoxy) is 1. The van der Waals surface area contributed by atoms with Crippen molar-refractivity contribution < 1.29 is 35.2 Å². The lowest BCUT2D eigenvalue weighted by molar-refractivity contribution is -0.668. The van der Waals surface area contributed by atoms with E-state index in [9.17, 15) is 25.9 Å². The zero-order valence-corrected chi connectivity index (χ0v) is 23.7. The number of nitrogens with zero attached hydrogens (tertiary/aromatic N) is 1. The van der Waals surface area contributed by atoms with Crippen molar-refractivity contribution in [3.63, 3.8) is 0 Å². The second-order valence-electron chi connectivity index (χ2n) is 9.24. The van der Waals surface area contributed by atoms with Gasteiger partial charge in [0.2, 0.25) is 5.52 Å². The van der Waals surface area contributed by atoms with Crippen LogP contribution in [0.2, 0.25) is 5.02 Å². The van der Waals surface area contributed by atoms with Gasteiger partial charge in [-0.15, -0.1) is 0 Å². The maximum Gasteiger partial charge on any atom is 0.266 e. The molecule has 12 heteroatoms. The lowest BCUT2D eigenvalue weighted by Gasteiger charge is -2.11. The Morgan fingerprint density at radius 3 is 2.38 bits per heavy atom. The van der Waals surface area contributed by atoms with E-state index in [0.717, 1.165) is 31.9 Å². The molecule has 0 aliphatic carbocycles. The minimum absolute atomic E-state index is 0.107. The number of hydrogen-bond donors (Lipinski definition) is 2. The van der Waals surface area contributed by atoms with E-state index in [-0.39, 0.29) is 12.8 Å². The number of aryl methyl sites for hydroxylation is 1. The molecule has 0 radical (unpaired) electrons. The first-order valence-corrected chi connectivity index (χ1v) is 16.5. The molecule has 3 aromatic carbocycles. The predicted octanol–water partition coefficient (Wildman–Crippen LogP) is 5.58. The summed E-state index contributed by atoms with van der Waals surface area (Å²) >= 11 is 7.70. The van der Waals surface area contributed by atoms with Crippen molar-refractivity contribution in [3.8, 4) is 16.9 Å². The molecule has 1 aliphatic heterocycles. The molecule has 8 nitrogen and oxygen atoms in total. The van der Waals surface area contributed by atoms with Crippen LogP contribution in [0.4, 0.5) is 0 Å². The molecule has 1 aliphatic rings. The minimum Gasteiger partial charge on any atom is -0.460 e. The van der Waals surface area contributed by atoms with E-state index in [4.69, 9.17) is 16.3 Å². The van der Waals surface area contributed by atoms with E-state index in [1.54, 1.807) is 12.1 Å². The Morgan fingerprint density at radius 1 is 0.923 bits per heavy atom. The smallest absolute Gasteiger partial charge is 0.266 e. The van der Waals surface area contributed by atoms with Crippen molar-refractivity contribution in [1.29, 1.82) is 0 Å². The van der Waals surface area contributed by atoms with E-state index >= 15 is 0 Å². The average molecular weight is 607 g/mol. The van der Waals surface area contributed by atoms with Gasteiger partial charge in [-0.05, 0) is 41.8 Å². The van der Waals surface area contributed by atoms with Crippen LogP contribution < -0.4 is 9.30 Å². The van der Waals surface area contributed by atoms with Gasteiger partial charge in [0.05, 0.1) is 17.6 Å². The minimum atomic E-state index is -4.21. The summed E-state index contributed by atoms with van der Waals surface area (Å²) in [5, 5.41) is 1.26. The van der Waals surface area contributed by atoms with E-state index in [1.165, 1.54) is 11.3 Å². The van der Waals surface area contributed by atoms with E-state index in [1.807, 2.05) is 65.2 Å². The molecule has 5 rings (SSSR count). The van der Waals surface area contributed by atoms with Crippen LogP contribution in [0, 0.1) is 0 Å². The molecule has 0 spiro atoms. The van der Waals surface area contributed by atoms with E-state index in [0.29, 0.717) is 23.1 Å². The molecule has 2 heterocycles. The van der Waals surface area contributed by atoms with Gasteiger partial charge < -0.3 is 4.74 Å². The van der Waals surface area contributed by atoms with Crippen LogP contribution in [0.3, 0.4) is 0 Å². The lowest BCUT2D eigenvalue weighted by Crippen LogP contribution is -2.36. The molecule has 0 saturated heterocycles. The first-order valence-electron chi connectivity index (χ1n) is 12.1. The van der Waals surface area contributed by atoms with Crippen molar-refractivity contribution in [2.75, 3.05) is 11.5 Å². The molecular weight excluding hydrogens is 582 g/mol. The monoisotopic (exact) mass is 606 g/mol. The average Bonchev–Trinajstić information content (AvgIpc) is 3.38. The second kappa shape index (κ2) is 11.0. The van der Waals surface area contributed by atoms with Crippen LogP contribution in [0.25, 0.3) is 27.4 Å². The van der Waals surface area contributed by atoms with Crippen LogP contribution in [0.5, 0.6) is 5.75 Å². The van der Waals surface area contributed by atoms with Crippen molar-refractivity contribution in [2.45, 2.75) is 25.3 Å². The molecule has 2 N–H and O–H groups in total. The van der Waals surface area contributed by atoms with Gasteiger partial charge in [0, 0.05) is 29.0 Å². The Hall–Kier alpha value is -2.80. The number of thiazole rings is 1. The number of benzene rings is 3. The SMILES string of the molecule is O=S(=O)(O)CCC[n+]1c(C=C2Oc3ccc(-c4ccccc4)cc3C2CCS(=O)(=O)O)sc2ccc(Cl)cc21. The fourth-order valence-corrected chi connectivity index (χ4v) is 7.01. The van der Waals surface area contributed by atoms with Gasteiger partial charge in [0.15, 0.2) is 6.54 Å². The Balaban J connectivity index is 1.57. The third-order valence-corrected chi connectivity index (χ3v) is 9.37. The topological polar surface area (TPSA) is 122 Å². The van der Waals surface area contributed by atoms with Gasteiger partial charge in [-0.3, -0.25) is 9.11 Å². The summed E-state index contributed by atoms with van der Waals surface area (Å²) in [5.74, 6) is -0.159. The molecule has 39 heavy (non-hydrogen) atoms. The van der Waals surface area contributed by atoms with Gasteiger partial charge in [-0.1, -0.05) is 59.3 Å². The number of aromatic nitrogens is 1. The Labute approximate surface area is 235 Å². The number of rotatable bonds is 9. The molecule has 0 fully saturated rings. The standard InChI is InChI=1S/C27H24ClNO7S3/c28-20-8-10-26-23(16-20)29(12-4-13-38(30,31)32)27(37-26)17-25-21(11-14-39(33,34)35)22-15-19(7-9-24(22)36-25)18-5-2-1-3-6-18/h1-3,5-10,15-17,21H,4,11-14H2,(H-,30,31,32,33,34,35)/p+1. The Morgan fingerprint density at radius 2 is 1.67 bits per heavy atom. The molecule has 1 atom stereocenters. The number of allylic oxidation sites excluding steroid dienone is 1. The van der Waals surface area contributed by atoms with Gasteiger partial charge >= 0.3 is 0 Å². The third kappa shape index (κ3) is 6.68. The number of halogens is 1. The summed E-state index contributed by atoms with van der Waals surface area (Å²) in [4.78, 5) is 0. The zero-order valence-electron chi connectivity index (χ0n) is 20.5. The summed E-state index contributed by atoms with van der Waals surface area (Å²) < 4.78 is 73.7. The summed E-state index contributed by atoms with van der Waals surface area (Å²) in [7, 11) is -8.34. The first kappa shape index (κ1) is 27.8. The molecule has 0 bridgehead atoms. The molecule has 0 amide bonds. The highest BCUT2D eigenvalue weighted by molar-refractivity contribution is 7.86. The Bertz CT molecular complexity index is 1780. The summed E-state index contributed by atoms with van der Waals surface area (Å²) in [6, 6.07) is 21.0. The van der Waals surface area contributed by atoms with Gasteiger partial charge in [-0.2, -0.15) is 21.4 Å². The largest absolute Gasteiger partial charge is 0.460 e. The first-order chi connectivity index (χ1) is 18.5. The molecule has 1 aromatic heterocycles. The summed E-state index contributed by atoms with van der Waals surface area (Å²) in [6.45, 7) is 0.292. The highest BCUT2D eigenvalue weighted by Crippen LogP contribution is 2.45. The zero-order chi connectivity index (χ0) is 27.8. The highest BCUT2D eigenvalue weighted by atomic mass is 35.5. The van der Waals surface area contributed by atoms with Crippen LogP contribution in [-0.4, -0.2) is 37.4 Å². The molecule has 204 valence electrons. The fraction of sp³-hybridized carbons (Fsp3) is 0.222. The van der Waals surface area contributed by atoms with Crippen molar-refractivity contribution in [3.05, 3.63) is 88.1 Å². The number of hydrogen-bond acceptors (Lipinski definition) is 6. The van der Waals surface area contributed by atoms with Crippen molar-refractivity contribution >= 4 is 59.5 Å². The number of fused-ring (bicyclic) bond motifs is 2. The quantitative estimate of drug-likeness (QED) is 0.188. The van der Waals surface area contributed by atoms with Crippen LogP contribution in [-0.2, 0) is 26.8 Å². The highest BCUT2D eigenvalue weighted by Gasteiger charge is 2.33. The van der Waals surface area contributed by atoms with Gasteiger partial charge in [-0.25, -0.2) is 0 Å². The summed E-state index contributed by atoms with van der Waals surface area (Å²) in [5.41, 5.74) is 3.57. The van der Waals surface area contributed by atoms with E-state index < -0.39 is 37.7 Å². The third-order valence-electron chi connectivity index (χ3n) is 6.47. The lowest BCUT2D eigenvalue weighted by atomic mass is 9.92. The van der Waals surface area contributed by atoms with Crippen LogP contribution in [0.1, 0.15) is 29.3 Å². The second-order valence-corrected chi connectivity index (χ2v) is 13.9. The Kier molecular flexibility index (Phi) is 7.82. The molecular formula is C27H25ClNO7S3+. The normalized spacial score (nSPS) is 16.5. The molecule has 1 unspecified atom stereocenters. The maximum absolute atomic E-state index is 11.7. The molecule has 4 aromatic rings. The summed E-state index contributed by atoms with van der Waals surface area (Å²) in [6.07, 6.45) is 2.10. The van der Waals surface area contributed by atoms with Gasteiger partial charge in [0.25, 0.3) is 25.2 Å². The van der Waals surface area contributed by atoms with E-state index in [2.05, 4.69) is 0 Å². The molecule has 0 saturated carbocycles. The van der Waals surface area contributed by atoms with Crippen molar-refractivity contribution in [2.24, 2.45) is 0 Å². The predicted molar refractivity (Wildman–Crippen MR) is 152 cm³/mol. The van der Waals surface area contributed by atoms with Crippen LogP contribution in [0.15, 0.2) is 72.5 Å². The van der Waals surface area contributed by atoms with Gasteiger partial charge in [0.1, 0.15) is 16.2 Å². The maximum atomic E-state index is 11.7. The van der Waals surface area contributed by atoms with Crippen LogP contribution >= 0.6 is 22.9 Å².